The Bertz CT molecular complexity index is 568. The third-order valence-corrected chi connectivity index (χ3v) is 5.76. The first kappa shape index (κ1) is 14.2. The van der Waals surface area contributed by atoms with Crippen LogP contribution in [0, 0.1) is 0 Å². The number of hydrogen-bond donors (Lipinski definition) is 1. The van der Waals surface area contributed by atoms with E-state index in [1.54, 1.807) is 0 Å². The van der Waals surface area contributed by atoms with E-state index in [4.69, 9.17) is 10.5 Å². The molecule has 22 heavy (non-hydrogen) atoms. The maximum absolute atomic E-state index is 6.25. The highest BCUT2D eigenvalue weighted by Gasteiger charge is 2.42. The van der Waals surface area contributed by atoms with E-state index in [0.29, 0.717) is 5.95 Å². The van der Waals surface area contributed by atoms with Gasteiger partial charge in [-0.15, -0.1) is 0 Å². The molecule has 5 heteroatoms. The van der Waals surface area contributed by atoms with E-state index in [9.17, 15) is 0 Å². The minimum Gasteiger partial charge on any atom is -0.473 e. The largest absolute Gasteiger partial charge is 0.473 e. The predicted octanol–water partition coefficient (Wildman–Crippen LogP) is 2.29. The van der Waals surface area contributed by atoms with Gasteiger partial charge in [-0.25, -0.2) is 4.98 Å². The fraction of sp³-hybridized carbons (Fsp3) is 0.765. The maximum atomic E-state index is 6.25. The minimum atomic E-state index is 0.241. The molecule has 1 spiro atoms. The van der Waals surface area contributed by atoms with Gasteiger partial charge in [-0.2, -0.15) is 4.98 Å². The van der Waals surface area contributed by atoms with Crippen LogP contribution < -0.4 is 10.5 Å². The molecule has 0 unspecified atom stereocenters. The van der Waals surface area contributed by atoms with Crippen LogP contribution in [0.3, 0.4) is 0 Å². The lowest BCUT2D eigenvalue weighted by Gasteiger charge is -2.35. The number of hydrogen-bond acceptors (Lipinski definition) is 5. The van der Waals surface area contributed by atoms with Crippen LogP contribution in [0.4, 0.5) is 5.95 Å². The van der Waals surface area contributed by atoms with Crippen LogP contribution in [0.15, 0.2) is 0 Å². The molecule has 1 saturated carbocycles. The average molecular weight is 302 g/mol. The first-order valence-electron chi connectivity index (χ1n) is 8.68. The lowest BCUT2D eigenvalue weighted by Crippen LogP contribution is -2.31. The highest BCUT2D eigenvalue weighted by Crippen LogP contribution is 2.49. The lowest BCUT2D eigenvalue weighted by atomic mass is 9.72. The van der Waals surface area contributed by atoms with Crippen LogP contribution in [0.25, 0.3) is 0 Å². The molecule has 120 valence electrons. The molecule has 3 aliphatic rings. The Morgan fingerprint density at radius 2 is 1.95 bits per heavy atom. The number of ether oxygens (including phenoxy) is 1. The Kier molecular flexibility index (Phi) is 3.48. The van der Waals surface area contributed by atoms with Crippen molar-refractivity contribution in [3.8, 4) is 5.88 Å². The van der Waals surface area contributed by atoms with Gasteiger partial charge in [-0.1, -0.05) is 12.8 Å². The van der Waals surface area contributed by atoms with E-state index in [0.717, 1.165) is 31.8 Å². The maximum Gasteiger partial charge on any atom is 0.223 e. The zero-order valence-electron chi connectivity index (χ0n) is 13.5. The van der Waals surface area contributed by atoms with Crippen molar-refractivity contribution in [2.45, 2.75) is 62.9 Å². The number of fused-ring (bicyclic) bond motifs is 2. The zero-order valence-corrected chi connectivity index (χ0v) is 13.5. The van der Waals surface area contributed by atoms with E-state index < -0.39 is 0 Å². The van der Waals surface area contributed by atoms with Crippen LogP contribution in [0.1, 0.15) is 56.2 Å². The number of nitrogens with zero attached hydrogens (tertiary/aromatic N) is 3. The minimum absolute atomic E-state index is 0.241. The van der Waals surface area contributed by atoms with Crippen molar-refractivity contribution in [3.05, 3.63) is 11.3 Å². The van der Waals surface area contributed by atoms with Gasteiger partial charge in [0.25, 0.3) is 0 Å². The number of rotatable bonds is 2. The second kappa shape index (κ2) is 5.37. The molecule has 1 saturated heterocycles. The Balaban J connectivity index is 1.69. The zero-order chi connectivity index (χ0) is 15.2. The van der Waals surface area contributed by atoms with Crippen LogP contribution in [-0.4, -0.2) is 41.1 Å². The normalized spacial score (nSPS) is 27.2. The summed E-state index contributed by atoms with van der Waals surface area (Å²) in [5.74, 6) is 1.15. The standard InChI is InChI=1S/C17H26N4O/c1-21-10-6-12(11-21)22-15-13-5-4-9-17(7-2-3-8-17)14(13)19-16(18)20-15/h12H,2-11H2,1H3,(H2,18,19,20)/t12-/m1/s1. The smallest absolute Gasteiger partial charge is 0.223 e. The van der Waals surface area contributed by atoms with Gasteiger partial charge in [0, 0.05) is 24.1 Å². The van der Waals surface area contributed by atoms with Crippen LogP contribution in [0.5, 0.6) is 5.88 Å². The number of nitrogens with two attached hydrogens (primary N) is 1. The van der Waals surface area contributed by atoms with Gasteiger partial charge in [0.2, 0.25) is 11.8 Å². The quantitative estimate of drug-likeness (QED) is 0.908. The number of likely N-dealkylation sites (tertiary alicyclic amines) is 1. The van der Waals surface area contributed by atoms with E-state index in [1.165, 1.54) is 49.8 Å². The van der Waals surface area contributed by atoms with Crippen molar-refractivity contribution in [2.75, 3.05) is 25.9 Å². The Hall–Kier alpha value is -1.36. The second-order valence-electron chi connectivity index (χ2n) is 7.35. The summed E-state index contributed by atoms with van der Waals surface area (Å²) >= 11 is 0. The molecule has 1 atom stereocenters. The monoisotopic (exact) mass is 302 g/mol. The molecule has 1 aromatic heterocycles. The molecule has 0 bridgehead atoms. The van der Waals surface area contributed by atoms with Crippen molar-refractivity contribution < 1.29 is 4.74 Å². The van der Waals surface area contributed by atoms with Gasteiger partial charge in [-0.05, 0) is 45.6 Å². The third-order valence-electron chi connectivity index (χ3n) is 5.76. The average Bonchev–Trinajstić information content (AvgIpc) is 3.11. The molecule has 2 aliphatic carbocycles. The Labute approximate surface area is 132 Å². The summed E-state index contributed by atoms with van der Waals surface area (Å²) in [5.41, 5.74) is 8.74. The van der Waals surface area contributed by atoms with Gasteiger partial charge >= 0.3 is 0 Å². The summed E-state index contributed by atoms with van der Waals surface area (Å²) < 4.78 is 6.25. The first-order chi connectivity index (χ1) is 10.7. The van der Waals surface area contributed by atoms with E-state index in [-0.39, 0.29) is 11.5 Å². The van der Waals surface area contributed by atoms with Gasteiger partial charge in [0.05, 0.1) is 5.69 Å². The predicted molar refractivity (Wildman–Crippen MR) is 86.1 cm³/mol. The topological polar surface area (TPSA) is 64.3 Å². The molecule has 4 rings (SSSR count). The molecule has 0 aromatic carbocycles. The van der Waals surface area contributed by atoms with Crippen molar-refractivity contribution in [1.29, 1.82) is 0 Å². The van der Waals surface area contributed by atoms with Crippen LogP contribution >= 0.6 is 0 Å². The molecule has 2 heterocycles. The van der Waals surface area contributed by atoms with Crippen molar-refractivity contribution in [3.63, 3.8) is 0 Å². The molecule has 5 nitrogen and oxygen atoms in total. The summed E-state index contributed by atoms with van der Waals surface area (Å²) in [7, 11) is 2.14. The van der Waals surface area contributed by atoms with Gasteiger partial charge in [0.1, 0.15) is 6.10 Å². The molecule has 0 amide bonds. The first-order valence-corrected chi connectivity index (χ1v) is 8.68. The van der Waals surface area contributed by atoms with E-state index in [2.05, 4.69) is 21.9 Å². The van der Waals surface area contributed by atoms with E-state index in [1.807, 2.05) is 0 Å². The fourth-order valence-corrected chi connectivity index (χ4v) is 4.65. The van der Waals surface area contributed by atoms with Crippen LogP contribution in [0.2, 0.25) is 0 Å². The molecule has 2 N–H and O–H groups in total. The lowest BCUT2D eigenvalue weighted by molar-refractivity contribution is 0.195. The van der Waals surface area contributed by atoms with Crippen molar-refractivity contribution in [2.24, 2.45) is 0 Å². The highest BCUT2D eigenvalue weighted by molar-refractivity contribution is 5.42. The number of likely N-dealkylation sites (N-methyl/N-ethyl adjacent to an activating group) is 1. The highest BCUT2D eigenvalue weighted by atomic mass is 16.5. The van der Waals surface area contributed by atoms with Gasteiger partial charge in [-0.3, -0.25) is 0 Å². The summed E-state index contributed by atoms with van der Waals surface area (Å²) in [4.78, 5) is 11.4. The summed E-state index contributed by atoms with van der Waals surface area (Å²) in [6.45, 7) is 2.07. The molecule has 1 aromatic rings. The Morgan fingerprint density at radius 3 is 2.68 bits per heavy atom. The summed E-state index contributed by atoms with van der Waals surface area (Å²) in [6, 6.07) is 0. The fourth-order valence-electron chi connectivity index (χ4n) is 4.65. The van der Waals surface area contributed by atoms with Crippen molar-refractivity contribution >= 4 is 5.95 Å². The molecular formula is C17H26N4O. The molecule has 2 fully saturated rings. The number of nitrogen functional groups attached to an aromatic ring is 1. The SMILES string of the molecule is CN1CC[C@@H](Oc2nc(N)nc3c2CCCC32CCCC2)C1. The van der Waals surface area contributed by atoms with Crippen LogP contribution in [-0.2, 0) is 11.8 Å². The summed E-state index contributed by atoms with van der Waals surface area (Å²) in [5, 5.41) is 0. The second-order valence-corrected chi connectivity index (χ2v) is 7.35. The van der Waals surface area contributed by atoms with Crippen molar-refractivity contribution in [1.82, 2.24) is 14.9 Å². The number of aromatic nitrogens is 2. The Morgan fingerprint density at radius 1 is 1.18 bits per heavy atom. The van der Waals surface area contributed by atoms with E-state index >= 15 is 0 Å². The third kappa shape index (κ3) is 2.35. The molecular weight excluding hydrogens is 276 g/mol. The van der Waals surface area contributed by atoms with Gasteiger partial charge in [0.15, 0.2) is 0 Å². The van der Waals surface area contributed by atoms with Gasteiger partial charge < -0.3 is 15.4 Å². The number of anilines is 1. The molecule has 0 radical (unpaired) electrons. The molecule has 1 aliphatic heterocycles. The summed E-state index contributed by atoms with van der Waals surface area (Å²) in [6.07, 6.45) is 9.95.